The number of nitrogens with zero attached hydrogens (tertiary/aromatic N) is 2. The number of rotatable bonds is 7. The SMILES string of the molecule is COc1ccc(NC(=O)c2cc([N+](=O)[O-])ccc2NCc2cccnc2)cc1. The summed E-state index contributed by atoms with van der Waals surface area (Å²) in [6.07, 6.45) is 3.37. The van der Waals surface area contributed by atoms with Crippen LogP contribution in [0.1, 0.15) is 15.9 Å². The molecule has 1 heterocycles. The van der Waals surface area contributed by atoms with E-state index in [1.54, 1.807) is 43.8 Å². The number of non-ortho nitro benzene ring substituents is 1. The fourth-order valence-corrected chi connectivity index (χ4v) is 2.56. The molecule has 0 bridgehead atoms. The minimum atomic E-state index is -0.533. The van der Waals surface area contributed by atoms with Crippen molar-refractivity contribution in [3.05, 3.63) is 88.2 Å². The zero-order valence-corrected chi connectivity index (χ0v) is 15.1. The Balaban J connectivity index is 1.83. The molecule has 0 atom stereocenters. The van der Waals surface area contributed by atoms with Crippen LogP contribution in [-0.2, 0) is 6.54 Å². The van der Waals surface area contributed by atoms with Crippen molar-refractivity contribution >= 4 is 23.0 Å². The molecule has 0 aliphatic carbocycles. The highest BCUT2D eigenvalue weighted by Gasteiger charge is 2.17. The average molecular weight is 378 g/mol. The first-order chi connectivity index (χ1) is 13.6. The predicted molar refractivity (Wildman–Crippen MR) is 106 cm³/mol. The molecule has 0 unspecified atom stereocenters. The first-order valence-corrected chi connectivity index (χ1v) is 8.43. The molecule has 3 aromatic rings. The fraction of sp³-hybridized carbons (Fsp3) is 0.100. The Labute approximate surface area is 161 Å². The summed E-state index contributed by atoms with van der Waals surface area (Å²) in [6, 6.07) is 14.6. The maximum absolute atomic E-state index is 12.8. The van der Waals surface area contributed by atoms with Crippen LogP contribution in [0.15, 0.2) is 67.0 Å². The van der Waals surface area contributed by atoms with Gasteiger partial charge in [-0.25, -0.2) is 0 Å². The molecule has 3 rings (SSSR count). The van der Waals surface area contributed by atoms with E-state index >= 15 is 0 Å². The highest BCUT2D eigenvalue weighted by atomic mass is 16.6. The second-order valence-corrected chi connectivity index (χ2v) is 5.88. The Morgan fingerprint density at radius 1 is 1.18 bits per heavy atom. The van der Waals surface area contributed by atoms with Crippen LogP contribution in [0.4, 0.5) is 17.1 Å². The highest BCUT2D eigenvalue weighted by molar-refractivity contribution is 6.08. The molecule has 0 fully saturated rings. The first-order valence-electron chi connectivity index (χ1n) is 8.43. The van der Waals surface area contributed by atoms with Gasteiger partial charge >= 0.3 is 0 Å². The quantitative estimate of drug-likeness (QED) is 0.478. The standard InChI is InChI=1S/C20H18N4O4/c1-28-17-7-4-15(5-8-17)23-20(25)18-11-16(24(26)27)6-9-19(18)22-13-14-3-2-10-21-12-14/h2-12,22H,13H2,1H3,(H,23,25). The zero-order valence-electron chi connectivity index (χ0n) is 15.1. The van der Waals surface area contributed by atoms with Gasteiger partial charge in [-0.3, -0.25) is 19.9 Å². The van der Waals surface area contributed by atoms with E-state index in [4.69, 9.17) is 4.74 Å². The van der Waals surface area contributed by atoms with E-state index in [2.05, 4.69) is 15.6 Å². The molecule has 0 radical (unpaired) electrons. The summed E-state index contributed by atoms with van der Waals surface area (Å²) in [5.41, 5.74) is 1.97. The number of carbonyl (C=O) groups excluding carboxylic acids is 1. The Morgan fingerprint density at radius 3 is 2.61 bits per heavy atom. The number of nitro benzene ring substituents is 1. The van der Waals surface area contributed by atoms with Gasteiger partial charge in [-0.05, 0) is 42.0 Å². The molecule has 0 aliphatic rings. The predicted octanol–water partition coefficient (Wildman–Crippen LogP) is 3.86. The minimum Gasteiger partial charge on any atom is -0.497 e. The van der Waals surface area contributed by atoms with Crippen LogP contribution < -0.4 is 15.4 Å². The number of nitrogens with one attached hydrogen (secondary N) is 2. The normalized spacial score (nSPS) is 10.2. The Bertz CT molecular complexity index is 975. The molecule has 8 nitrogen and oxygen atoms in total. The lowest BCUT2D eigenvalue weighted by atomic mass is 10.1. The Morgan fingerprint density at radius 2 is 1.96 bits per heavy atom. The molecule has 2 N–H and O–H groups in total. The number of hydrogen-bond donors (Lipinski definition) is 2. The molecule has 8 heteroatoms. The van der Waals surface area contributed by atoms with Crippen molar-refractivity contribution < 1.29 is 14.5 Å². The van der Waals surface area contributed by atoms with Crippen molar-refractivity contribution in [3.8, 4) is 5.75 Å². The van der Waals surface area contributed by atoms with E-state index in [0.29, 0.717) is 23.7 Å². The van der Waals surface area contributed by atoms with Crippen molar-refractivity contribution in [1.82, 2.24) is 4.98 Å². The van der Waals surface area contributed by atoms with E-state index in [0.717, 1.165) is 5.56 Å². The Hall–Kier alpha value is -3.94. The van der Waals surface area contributed by atoms with Crippen LogP contribution >= 0.6 is 0 Å². The van der Waals surface area contributed by atoms with E-state index < -0.39 is 10.8 Å². The molecule has 28 heavy (non-hydrogen) atoms. The van der Waals surface area contributed by atoms with Gasteiger partial charge in [0.05, 0.1) is 17.6 Å². The van der Waals surface area contributed by atoms with E-state index in [9.17, 15) is 14.9 Å². The van der Waals surface area contributed by atoms with Crippen LogP contribution in [-0.4, -0.2) is 22.9 Å². The van der Waals surface area contributed by atoms with Crippen molar-refractivity contribution in [3.63, 3.8) is 0 Å². The maximum Gasteiger partial charge on any atom is 0.270 e. The van der Waals surface area contributed by atoms with Gasteiger partial charge in [0, 0.05) is 42.4 Å². The van der Waals surface area contributed by atoms with Crippen LogP contribution in [0, 0.1) is 10.1 Å². The van der Waals surface area contributed by atoms with Gasteiger partial charge in [0.1, 0.15) is 5.75 Å². The number of hydrogen-bond acceptors (Lipinski definition) is 6. The fourth-order valence-electron chi connectivity index (χ4n) is 2.56. The van der Waals surface area contributed by atoms with Crippen LogP contribution in [0.2, 0.25) is 0 Å². The van der Waals surface area contributed by atoms with Gasteiger partial charge in [0.15, 0.2) is 0 Å². The van der Waals surface area contributed by atoms with Crippen molar-refractivity contribution in [2.45, 2.75) is 6.54 Å². The molecule has 0 aliphatic heterocycles. The monoisotopic (exact) mass is 378 g/mol. The Kier molecular flexibility index (Phi) is 5.81. The molecule has 1 amide bonds. The molecule has 2 aromatic carbocycles. The number of pyridine rings is 1. The number of carbonyl (C=O) groups is 1. The summed E-state index contributed by atoms with van der Waals surface area (Å²) in [5.74, 6) is 0.203. The lowest BCUT2D eigenvalue weighted by molar-refractivity contribution is -0.384. The molecule has 142 valence electrons. The summed E-state index contributed by atoms with van der Waals surface area (Å²) >= 11 is 0. The number of nitro groups is 1. The third-order valence-corrected chi connectivity index (χ3v) is 4.01. The van der Waals surface area contributed by atoms with Crippen LogP contribution in [0.25, 0.3) is 0 Å². The largest absolute Gasteiger partial charge is 0.497 e. The van der Waals surface area contributed by atoms with Gasteiger partial charge in [-0.2, -0.15) is 0 Å². The van der Waals surface area contributed by atoms with Crippen molar-refractivity contribution in [1.29, 1.82) is 0 Å². The summed E-state index contributed by atoms with van der Waals surface area (Å²) in [4.78, 5) is 27.4. The molecule has 0 saturated carbocycles. The zero-order chi connectivity index (χ0) is 19.9. The highest BCUT2D eigenvalue weighted by Crippen LogP contribution is 2.24. The number of methoxy groups -OCH3 is 1. The second kappa shape index (κ2) is 8.63. The topological polar surface area (TPSA) is 106 Å². The smallest absolute Gasteiger partial charge is 0.270 e. The van der Waals surface area contributed by atoms with E-state index in [1.807, 2.05) is 12.1 Å². The van der Waals surface area contributed by atoms with Gasteiger partial charge in [0.25, 0.3) is 11.6 Å². The van der Waals surface area contributed by atoms with Crippen molar-refractivity contribution in [2.24, 2.45) is 0 Å². The van der Waals surface area contributed by atoms with Gasteiger partial charge in [0.2, 0.25) is 0 Å². The van der Waals surface area contributed by atoms with E-state index in [1.165, 1.54) is 18.2 Å². The number of amides is 1. The first kappa shape index (κ1) is 18.8. The van der Waals surface area contributed by atoms with Crippen molar-refractivity contribution in [2.75, 3.05) is 17.7 Å². The third-order valence-electron chi connectivity index (χ3n) is 4.01. The molecule has 0 saturated heterocycles. The van der Waals surface area contributed by atoms with Gasteiger partial charge in [-0.1, -0.05) is 6.07 Å². The number of aromatic nitrogens is 1. The van der Waals surface area contributed by atoms with Gasteiger partial charge in [-0.15, -0.1) is 0 Å². The lowest BCUT2D eigenvalue weighted by Gasteiger charge is -2.13. The minimum absolute atomic E-state index is 0.160. The summed E-state index contributed by atoms with van der Waals surface area (Å²) < 4.78 is 5.09. The number of ether oxygens (including phenoxy) is 1. The molecule has 1 aromatic heterocycles. The van der Waals surface area contributed by atoms with Gasteiger partial charge < -0.3 is 15.4 Å². The lowest BCUT2D eigenvalue weighted by Crippen LogP contribution is -2.15. The number of benzene rings is 2. The maximum atomic E-state index is 12.8. The summed E-state index contributed by atoms with van der Waals surface area (Å²) in [5, 5.41) is 17.0. The summed E-state index contributed by atoms with van der Waals surface area (Å²) in [6.45, 7) is 0.425. The third kappa shape index (κ3) is 4.61. The molecular weight excluding hydrogens is 360 g/mol. The van der Waals surface area contributed by atoms with Crippen LogP contribution in [0.5, 0.6) is 5.75 Å². The summed E-state index contributed by atoms with van der Waals surface area (Å²) in [7, 11) is 1.55. The van der Waals surface area contributed by atoms with Crippen LogP contribution in [0.3, 0.4) is 0 Å². The average Bonchev–Trinajstić information content (AvgIpc) is 2.73. The second-order valence-electron chi connectivity index (χ2n) is 5.88. The molecular formula is C20H18N4O4. The van der Waals surface area contributed by atoms with E-state index in [-0.39, 0.29) is 11.3 Å². The molecule has 0 spiro atoms. The number of anilines is 2.